The smallest absolute Gasteiger partial charge is 0.230 e. The Morgan fingerprint density at radius 1 is 0.971 bits per heavy atom. The molecule has 1 atom stereocenters. The molecule has 0 N–H and O–H groups in total. The van der Waals surface area contributed by atoms with Crippen molar-refractivity contribution in [2.45, 2.75) is 46.0 Å². The molecule has 35 heavy (non-hydrogen) atoms. The van der Waals surface area contributed by atoms with Gasteiger partial charge in [-0.05, 0) is 49.9 Å². The summed E-state index contributed by atoms with van der Waals surface area (Å²) in [5.41, 5.74) is 4.46. The molecule has 1 unspecified atom stereocenters. The van der Waals surface area contributed by atoms with Gasteiger partial charge in [0.1, 0.15) is 17.4 Å². The number of ether oxygens (including phenoxy) is 1. The van der Waals surface area contributed by atoms with E-state index in [1.54, 1.807) is 7.11 Å². The first kappa shape index (κ1) is 24.7. The predicted molar refractivity (Wildman–Crippen MR) is 140 cm³/mol. The number of carbonyl (C=O) groups excluding carboxylic acids is 1. The molecular formula is C29H36N4O2. The lowest BCUT2D eigenvalue weighted by atomic mass is 9.95. The van der Waals surface area contributed by atoms with E-state index in [1.807, 2.05) is 42.2 Å². The lowest BCUT2D eigenvalue weighted by Crippen LogP contribution is -2.38. The van der Waals surface area contributed by atoms with Crippen molar-refractivity contribution in [2.75, 3.05) is 38.2 Å². The first-order chi connectivity index (χ1) is 17.0. The number of hydrogen-bond donors (Lipinski definition) is 0. The number of amides is 1. The molecular weight excluding hydrogens is 436 g/mol. The van der Waals surface area contributed by atoms with Gasteiger partial charge in [0.15, 0.2) is 0 Å². The van der Waals surface area contributed by atoms with Gasteiger partial charge in [0.2, 0.25) is 5.91 Å². The maximum Gasteiger partial charge on any atom is 0.230 e. The van der Waals surface area contributed by atoms with Gasteiger partial charge in [0.05, 0.1) is 13.0 Å². The fourth-order valence-corrected chi connectivity index (χ4v) is 4.94. The minimum absolute atomic E-state index is 0.0862. The van der Waals surface area contributed by atoms with Crippen LogP contribution in [0.15, 0.2) is 54.6 Å². The van der Waals surface area contributed by atoms with Crippen LogP contribution in [0.4, 0.5) is 5.82 Å². The SMILES string of the molecule is CCC(C(=O)N1CCCN(c2nc(C)nc(C)c2Cc2ccc(OC)cc2)CC1)c1ccccc1. The number of aromatic nitrogens is 2. The maximum absolute atomic E-state index is 13.5. The minimum Gasteiger partial charge on any atom is -0.497 e. The average Bonchev–Trinajstić information content (AvgIpc) is 3.13. The summed E-state index contributed by atoms with van der Waals surface area (Å²) in [5.74, 6) is 2.77. The molecule has 1 amide bonds. The van der Waals surface area contributed by atoms with Crippen LogP contribution in [0.25, 0.3) is 0 Å². The zero-order valence-corrected chi connectivity index (χ0v) is 21.3. The molecule has 1 aliphatic heterocycles. The Balaban J connectivity index is 1.53. The van der Waals surface area contributed by atoms with E-state index in [9.17, 15) is 4.79 Å². The van der Waals surface area contributed by atoms with Crippen LogP contribution >= 0.6 is 0 Å². The monoisotopic (exact) mass is 472 g/mol. The van der Waals surface area contributed by atoms with Crippen LogP contribution in [0.2, 0.25) is 0 Å². The third-order valence-electron chi connectivity index (χ3n) is 6.86. The van der Waals surface area contributed by atoms with E-state index in [-0.39, 0.29) is 11.8 Å². The van der Waals surface area contributed by atoms with Gasteiger partial charge < -0.3 is 14.5 Å². The van der Waals surface area contributed by atoms with Crippen molar-refractivity contribution >= 4 is 11.7 Å². The zero-order valence-electron chi connectivity index (χ0n) is 21.3. The number of carbonyl (C=O) groups is 1. The lowest BCUT2D eigenvalue weighted by Gasteiger charge is -2.27. The molecule has 1 saturated heterocycles. The fourth-order valence-electron chi connectivity index (χ4n) is 4.94. The van der Waals surface area contributed by atoms with Crippen LogP contribution in [0.1, 0.15) is 53.9 Å². The van der Waals surface area contributed by atoms with Crippen molar-refractivity contribution in [1.29, 1.82) is 0 Å². The topological polar surface area (TPSA) is 58.6 Å². The Labute approximate surface area is 209 Å². The van der Waals surface area contributed by atoms with E-state index in [4.69, 9.17) is 9.72 Å². The molecule has 184 valence electrons. The molecule has 0 saturated carbocycles. The Morgan fingerprint density at radius 2 is 1.71 bits per heavy atom. The standard InChI is InChI=1S/C29H36N4O2/c1-5-26(24-10-7-6-8-11-24)29(34)33-17-9-16-32(18-19-33)28-27(21(2)30-22(3)31-28)20-23-12-14-25(35-4)15-13-23/h6-8,10-15,26H,5,9,16-20H2,1-4H3. The molecule has 2 aromatic carbocycles. The molecule has 6 nitrogen and oxygen atoms in total. The van der Waals surface area contributed by atoms with Crippen LogP contribution in [0.5, 0.6) is 5.75 Å². The normalized spacial score (nSPS) is 15.0. The number of anilines is 1. The summed E-state index contributed by atoms with van der Waals surface area (Å²) in [6.45, 7) is 9.22. The lowest BCUT2D eigenvalue weighted by molar-refractivity contribution is -0.132. The first-order valence-electron chi connectivity index (χ1n) is 12.6. The molecule has 3 aromatic rings. The van der Waals surface area contributed by atoms with Crippen LogP contribution < -0.4 is 9.64 Å². The fraction of sp³-hybridized carbons (Fsp3) is 0.414. The second-order valence-corrected chi connectivity index (χ2v) is 9.22. The Bertz CT molecular complexity index is 1130. The number of benzene rings is 2. The highest BCUT2D eigenvalue weighted by Crippen LogP contribution is 2.27. The molecule has 1 fully saturated rings. The van der Waals surface area contributed by atoms with Gasteiger partial charge in [-0.1, -0.05) is 49.4 Å². The highest BCUT2D eigenvalue weighted by atomic mass is 16.5. The number of rotatable bonds is 7. The number of aryl methyl sites for hydroxylation is 2. The van der Waals surface area contributed by atoms with E-state index in [2.05, 4.69) is 48.0 Å². The third kappa shape index (κ3) is 5.81. The molecule has 2 heterocycles. The summed E-state index contributed by atoms with van der Waals surface area (Å²) in [6, 6.07) is 18.3. The van der Waals surface area contributed by atoms with Gasteiger partial charge in [-0.2, -0.15) is 0 Å². The molecule has 0 spiro atoms. The molecule has 0 bridgehead atoms. The van der Waals surface area contributed by atoms with E-state index < -0.39 is 0 Å². The first-order valence-corrected chi connectivity index (χ1v) is 12.6. The maximum atomic E-state index is 13.5. The van der Waals surface area contributed by atoms with Gasteiger partial charge >= 0.3 is 0 Å². The summed E-state index contributed by atoms with van der Waals surface area (Å²) < 4.78 is 5.31. The Morgan fingerprint density at radius 3 is 2.40 bits per heavy atom. The molecule has 0 radical (unpaired) electrons. The van der Waals surface area contributed by atoms with Crippen molar-refractivity contribution in [3.8, 4) is 5.75 Å². The van der Waals surface area contributed by atoms with E-state index in [0.717, 1.165) is 73.1 Å². The van der Waals surface area contributed by atoms with Gasteiger partial charge in [0.25, 0.3) is 0 Å². The summed E-state index contributed by atoms with van der Waals surface area (Å²) in [4.78, 5) is 27.4. The second kappa shape index (κ2) is 11.3. The van der Waals surface area contributed by atoms with Gasteiger partial charge in [-0.3, -0.25) is 4.79 Å². The Kier molecular flexibility index (Phi) is 8.01. The van der Waals surface area contributed by atoms with Gasteiger partial charge in [0, 0.05) is 43.9 Å². The molecule has 4 rings (SSSR count). The molecule has 1 aliphatic rings. The van der Waals surface area contributed by atoms with E-state index >= 15 is 0 Å². The van der Waals surface area contributed by atoms with Crippen LogP contribution in [-0.4, -0.2) is 54.1 Å². The molecule has 6 heteroatoms. The van der Waals surface area contributed by atoms with Gasteiger partial charge in [-0.25, -0.2) is 9.97 Å². The van der Waals surface area contributed by atoms with Crippen molar-refractivity contribution in [1.82, 2.24) is 14.9 Å². The van der Waals surface area contributed by atoms with E-state index in [0.29, 0.717) is 6.54 Å². The highest BCUT2D eigenvalue weighted by Gasteiger charge is 2.27. The zero-order chi connectivity index (χ0) is 24.8. The van der Waals surface area contributed by atoms with Gasteiger partial charge in [-0.15, -0.1) is 0 Å². The summed E-state index contributed by atoms with van der Waals surface area (Å²) >= 11 is 0. The van der Waals surface area contributed by atoms with Crippen molar-refractivity contribution < 1.29 is 9.53 Å². The summed E-state index contributed by atoms with van der Waals surface area (Å²) in [6.07, 6.45) is 2.48. The number of hydrogen-bond acceptors (Lipinski definition) is 5. The van der Waals surface area contributed by atoms with Crippen molar-refractivity contribution in [3.05, 3.63) is 82.8 Å². The van der Waals surface area contributed by atoms with Crippen LogP contribution in [-0.2, 0) is 11.2 Å². The second-order valence-electron chi connectivity index (χ2n) is 9.22. The summed E-state index contributed by atoms with van der Waals surface area (Å²) in [7, 11) is 1.68. The Hall–Kier alpha value is -3.41. The van der Waals surface area contributed by atoms with E-state index in [1.165, 1.54) is 5.56 Å². The minimum atomic E-state index is -0.0862. The number of methoxy groups -OCH3 is 1. The molecule has 0 aliphatic carbocycles. The van der Waals surface area contributed by atoms with Crippen molar-refractivity contribution in [3.63, 3.8) is 0 Å². The molecule has 1 aromatic heterocycles. The third-order valence-corrected chi connectivity index (χ3v) is 6.86. The van der Waals surface area contributed by atoms with Crippen LogP contribution in [0, 0.1) is 13.8 Å². The van der Waals surface area contributed by atoms with Crippen molar-refractivity contribution in [2.24, 2.45) is 0 Å². The summed E-state index contributed by atoms with van der Waals surface area (Å²) in [5, 5.41) is 0. The predicted octanol–water partition coefficient (Wildman–Crippen LogP) is 4.93. The quantitative estimate of drug-likeness (QED) is 0.488. The average molecular weight is 473 g/mol. The highest BCUT2D eigenvalue weighted by molar-refractivity contribution is 5.83. The largest absolute Gasteiger partial charge is 0.497 e. The van der Waals surface area contributed by atoms with Crippen LogP contribution in [0.3, 0.4) is 0 Å². The number of nitrogens with zero attached hydrogens (tertiary/aromatic N) is 4.